The molecular formula is C9H15N5S. The van der Waals surface area contributed by atoms with Crippen LogP contribution in [-0.4, -0.2) is 38.5 Å². The minimum atomic E-state index is 0.741. The lowest BCUT2D eigenvalue weighted by Gasteiger charge is -2.03. The van der Waals surface area contributed by atoms with E-state index in [0.29, 0.717) is 0 Å². The average molecular weight is 225 g/mol. The highest BCUT2D eigenvalue weighted by Crippen LogP contribution is 2.18. The van der Waals surface area contributed by atoms with Crippen molar-refractivity contribution in [3.05, 3.63) is 12.7 Å². The van der Waals surface area contributed by atoms with Crippen LogP contribution < -0.4 is 5.32 Å². The van der Waals surface area contributed by atoms with Crippen molar-refractivity contribution in [2.45, 2.75) is 30.6 Å². The van der Waals surface area contributed by atoms with Gasteiger partial charge in [0, 0.05) is 18.3 Å². The SMILES string of the molecule is C=CCSc1nnnn1CCNC1CC1. The van der Waals surface area contributed by atoms with Crippen LogP contribution in [-0.2, 0) is 6.54 Å². The van der Waals surface area contributed by atoms with E-state index in [2.05, 4.69) is 27.4 Å². The second-order valence-electron chi connectivity index (χ2n) is 3.51. The summed E-state index contributed by atoms with van der Waals surface area (Å²) in [6.45, 7) is 5.45. The van der Waals surface area contributed by atoms with E-state index in [1.165, 1.54) is 12.8 Å². The van der Waals surface area contributed by atoms with Crippen LogP contribution in [0, 0.1) is 0 Å². The average Bonchev–Trinajstić information content (AvgIpc) is 2.95. The summed E-state index contributed by atoms with van der Waals surface area (Å²) in [5, 5.41) is 15.9. The third-order valence-electron chi connectivity index (χ3n) is 2.16. The lowest BCUT2D eigenvalue weighted by atomic mass is 10.6. The summed E-state index contributed by atoms with van der Waals surface area (Å²) >= 11 is 1.61. The van der Waals surface area contributed by atoms with Crippen LogP contribution in [0.15, 0.2) is 17.8 Å². The van der Waals surface area contributed by atoms with Crippen LogP contribution in [0.1, 0.15) is 12.8 Å². The maximum atomic E-state index is 3.96. The van der Waals surface area contributed by atoms with Crippen LogP contribution in [0.4, 0.5) is 0 Å². The summed E-state index contributed by atoms with van der Waals surface area (Å²) in [7, 11) is 0. The number of nitrogens with zero attached hydrogens (tertiary/aromatic N) is 4. The maximum absolute atomic E-state index is 3.96. The Bertz CT molecular complexity index is 320. The molecule has 1 aromatic rings. The molecule has 2 rings (SSSR count). The summed E-state index contributed by atoms with van der Waals surface area (Å²) < 4.78 is 1.84. The van der Waals surface area contributed by atoms with E-state index in [9.17, 15) is 0 Å². The van der Waals surface area contributed by atoms with Gasteiger partial charge in [0.2, 0.25) is 5.16 Å². The van der Waals surface area contributed by atoms with Crippen molar-refractivity contribution < 1.29 is 0 Å². The predicted molar refractivity (Wildman–Crippen MR) is 59.8 cm³/mol. The molecule has 0 bridgehead atoms. The second kappa shape index (κ2) is 5.27. The first-order valence-electron chi connectivity index (χ1n) is 5.13. The van der Waals surface area contributed by atoms with Crippen molar-refractivity contribution in [2.24, 2.45) is 0 Å². The van der Waals surface area contributed by atoms with Gasteiger partial charge in [-0.1, -0.05) is 17.8 Å². The molecule has 0 atom stereocenters. The van der Waals surface area contributed by atoms with E-state index in [0.717, 1.165) is 30.0 Å². The molecule has 1 aliphatic rings. The minimum Gasteiger partial charge on any atom is -0.312 e. The number of nitrogens with one attached hydrogen (secondary N) is 1. The standard InChI is InChI=1S/C9H15N5S/c1-2-7-15-9-11-12-13-14(9)6-5-10-8-3-4-8/h2,8,10H,1,3-7H2. The lowest BCUT2D eigenvalue weighted by molar-refractivity contribution is 0.510. The smallest absolute Gasteiger partial charge is 0.209 e. The first kappa shape index (κ1) is 10.6. The van der Waals surface area contributed by atoms with Gasteiger partial charge in [-0.3, -0.25) is 0 Å². The first-order chi connectivity index (χ1) is 7.40. The van der Waals surface area contributed by atoms with E-state index in [1.807, 2.05) is 10.8 Å². The third kappa shape index (κ3) is 3.32. The van der Waals surface area contributed by atoms with Crippen LogP contribution in [0.2, 0.25) is 0 Å². The Labute approximate surface area is 93.3 Å². The van der Waals surface area contributed by atoms with Gasteiger partial charge in [0.15, 0.2) is 0 Å². The van der Waals surface area contributed by atoms with Crippen LogP contribution in [0.5, 0.6) is 0 Å². The van der Waals surface area contributed by atoms with Crippen molar-refractivity contribution in [1.82, 2.24) is 25.5 Å². The van der Waals surface area contributed by atoms with Crippen molar-refractivity contribution in [3.8, 4) is 0 Å². The van der Waals surface area contributed by atoms with Gasteiger partial charge in [0.05, 0.1) is 6.54 Å². The summed E-state index contributed by atoms with van der Waals surface area (Å²) in [5.74, 6) is 0.844. The first-order valence-corrected chi connectivity index (χ1v) is 6.12. The molecule has 6 heteroatoms. The summed E-state index contributed by atoms with van der Waals surface area (Å²) in [5.41, 5.74) is 0. The molecule has 0 spiro atoms. The maximum Gasteiger partial charge on any atom is 0.209 e. The number of hydrogen-bond acceptors (Lipinski definition) is 5. The number of thioether (sulfide) groups is 1. The van der Waals surface area contributed by atoms with Crippen molar-refractivity contribution >= 4 is 11.8 Å². The lowest BCUT2D eigenvalue weighted by Crippen LogP contribution is -2.22. The van der Waals surface area contributed by atoms with Gasteiger partial charge >= 0.3 is 0 Å². The third-order valence-corrected chi connectivity index (χ3v) is 3.12. The Balaban J connectivity index is 1.77. The molecule has 0 amide bonds. The molecule has 82 valence electrons. The van der Waals surface area contributed by atoms with Crippen molar-refractivity contribution in [2.75, 3.05) is 12.3 Å². The zero-order valence-corrected chi connectivity index (χ0v) is 9.41. The molecule has 1 aromatic heterocycles. The fourth-order valence-corrected chi connectivity index (χ4v) is 1.87. The number of hydrogen-bond donors (Lipinski definition) is 1. The van der Waals surface area contributed by atoms with Crippen LogP contribution >= 0.6 is 11.8 Å². The Kier molecular flexibility index (Phi) is 3.74. The topological polar surface area (TPSA) is 55.6 Å². The highest BCUT2D eigenvalue weighted by atomic mass is 32.2. The van der Waals surface area contributed by atoms with E-state index in [1.54, 1.807) is 11.8 Å². The summed E-state index contributed by atoms with van der Waals surface area (Å²) in [6, 6.07) is 0.741. The summed E-state index contributed by atoms with van der Waals surface area (Å²) in [6.07, 6.45) is 4.48. The molecule has 0 aliphatic heterocycles. The van der Waals surface area contributed by atoms with E-state index in [-0.39, 0.29) is 0 Å². The highest BCUT2D eigenvalue weighted by Gasteiger charge is 2.19. The molecule has 1 fully saturated rings. The highest BCUT2D eigenvalue weighted by molar-refractivity contribution is 7.99. The van der Waals surface area contributed by atoms with Crippen LogP contribution in [0.25, 0.3) is 0 Å². The molecule has 0 saturated heterocycles. The molecule has 1 N–H and O–H groups in total. The Hall–Kier alpha value is -0.880. The Morgan fingerprint density at radius 1 is 1.60 bits per heavy atom. The van der Waals surface area contributed by atoms with Gasteiger partial charge in [-0.25, -0.2) is 4.68 Å². The molecule has 0 aromatic carbocycles. The molecule has 1 aliphatic carbocycles. The molecule has 15 heavy (non-hydrogen) atoms. The molecular weight excluding hydrogens is 210 g/mol. The van der Waals surface area contributed by atoms with Gasteiger partial charge in [-0.05, 0) is 23.3 Å². The number of tetrazole rings is 1. The predicted octanol–water partition coefficient (Wildman–Crippen LogP) is 0.703. The second-order valence-corrected chi connectivity index (χ2v) is 4.50. The van der Waals surface area contributed by atoms with Crippen molar-refractivity contribution in [3.63, 3.8) is 0 Å². The number of aromatic nitrogens is 4. The van der Waals surface area contributed by atoms with Gasteiger partial charge < -0.3 is 5.32 Å². The molecule has 1 heterocycles. The van der Waals surface area contributed by atoms with Gasteiger partial charge in [0.25, 0.3) is 0 Å². The minimum absolute atomic E-state index is 0.741. The zero-order valence-electron chi connectivity index (χ0n) is 8.59. The van der Waals surface area contributed by atoms with Gasteiger partial charge in [0.1, 0.15) is 0 Å². The van der Waals surface area contributed by atoms with E-state index < -0.39 is 0 Å². The van der Waals surface area contributed by atoms with Gasteiger partial charge in [-0.2, -0.15) is 0 Å². The van der Waals surface area contributed by atoms with Gasteiger partial charge in [-0.15, -0.1) is 11.7 Å². The molecule has 0 unspecified atom stereocenters. The van der Waals surface area contributed by atoms with Crippen molar-refractivity contribution in [1.29, 1.82) is 0 Å². The largest absolute Gasteiger partial charge is 0.312 e. The Morgan fingerprint density at radius 2 is 2.47 bits per heavy atom. The molecule has 1 saturated carbocycles. The zero-order chi connectivity index (χ0) is 10.5. The Morgan fingerprint density at radius 3 is 3.20 bits per heavy atom. The quantitative estimate of drug-likeness (QED) is 0.547. The normalized spacial score (nSPS) is 15.5. The molecule has 5 nitrogen and oxygen atoms in total. The van der Waals surface area contributed by atoms with E-state index >= 15 is 0 Å². The fourth-order valence-electron chi connectivity index (χ4n) is 1.24. The van der Waals surface area contributed by atoms with Crippen LogP contribution in [0.3, 0.4) is 0 Å². The number of rotatable bonds is 7. The van der Waals surface area contributed by atoms with E-state index in [4.69, 9.17) is 0 Å². The fraction of sp³-hybridized carbons (Fsp3) is 0.667. The summed E-state index contributed by atoms with van der Waals surface area (Å²) in [4.78, 5) is 0. The molecule has 0 radical (unpaired) electrons. The monoisotopic (exact) mass is 225 g/mol.